The summed E-state index contributed by atoms with van der Waals surface area (Å²) >= 11 is 0. The first-order valence-corrected chi connectivity index (χ1v) is 5.56. The van der Waals surface area contributed by atoms with Crippen LogP contribution in [0.5, 0.6) is 0 Å². The normalized spacial score (nSPS) is 16.8. The van der Waals surface area contributed by atoms with Crippen LogP contribution in [0.4, 0.5) is 0 Å². The van der Waals surface area contributed by atoms with Crippen LogP contribution >= 0.6 is 0 Å². The Bertz CT molecular complexity index is 348. The minimum Gasteiger partial charge on any atom is -0.0988 e. The molecule has 0 nitrogen and oxygen atoms in total. The maximum absolute atomic E-state index is 4.10. The Hall–Kier alpha value is -1.30. The molecule has 0 amide bonds. The Morgan fingerprint density at radius 1 is 1.40 bits per heavy atom. The number of rotatable bonds is 4. The van der Waals surface area contributed by atoms with Gasteiger partial charge in [0.2, 0.25) is 0 Å². The fourth-order valence-corrected chi connectivity index (χ4v) is 1.67. The minimum atomic E-state index is 1.12. The van der Waals surface area contributed by atoms with Crippen LogP contribution in [0.15, 0.2) is 59.8 Å². The van der Waals surface area contributed by atoms with E-state index in [9.17, 15) is 0 Å². The smallest absolute Gasteiger partial charge is 0.0236 e. The first-order valence-electron chi connectivity index (χ1n) is 5.56. The lowest BCUT2D eigenvalue weighted by Crippen LogP contribution is -1.94. The lowest BCUT2D eigenvalue weighted by Gasteiger charge is -2.14. The van der Waals surface area contributed by atoms with E-state index < -0.39 is 0 Å². The summed E-state index contributed by atoms with van der Waals surface area (Å²) < 4.78 is 0. The lowest BCUT2D eigenvalue weighted by molar-refractivity contribution is 0.867. The van der Waals surface area contributed by atoms with E-state index in [1.54, 1.807) is 0 Å². The molecule has 0 aromatic rings. The van der Waals surface area contributed by atoms with Gasteiger partial charge in [-0.05, 0) is 37.3 Å². The van der Waals surface area contributed by atoms with Gasteiger partial charge in [0.1, 0.15) is 0 Å². The second-order valence-corrected chi connectivity index (χ2v) is 3.99. The molecule has 0 aliphatic heterocycles. The Balaban J connectivity index is 2.75. The van der Waals surface area contributed by atoms with Crippen LogP contribution in [0.3, 0.4) is 0 Å². The summed E-state index contributed by atoms with van der Waals surface area (Å²) in [5.41, 5.74) is 5.19. The molecule has 1 aliphatic rings. The summed E-state index contributed by atoms with van der Waals surface area (Å²) in [7, 11) is 0. The van der Waals surface area contributed by atoms with Crippen LogP contribution in [0, 0.1) is 0 Å². The van der Waals surface area contributed by atoms with E-state index in [0.717, 1.165) is 18.4 Å². The summed E-state index contributed by atoms with van der Waals surface area (Å²) in [6.45, 7) is 12.1. The minimum absolute atomic E-state index is 1.12. The molecule has 0 unspecified atom stereocenters. The van der Waals surface area contributed by atoms with Crippen molar-refractivity contribution >= 4 is 0 Å². The number of hydrogen-bond donors (Lipinski definition) is 0. The van der Waals surface area contributed by atoms with E-state index in [2.05, 4.69) is 45.2 Å². The average Bonchev–Trinajstić information content (AvgIpc) is 2.29. The predicted octanol–water partition coefficient (Wildman–Crippen LogP) is 4.73. The van der Waals surface area contributed by atoms with Crippen molar-refractivity contribution in [2.75, 3.05) is 0 Å². The lowest BCUT2D eigenvalue weighted by atomic mass is 9.92. The van der Waals surface area contributed by atoms with Crippen molar-refractivity contribution in [3.63, 3.8) is 0 Å². The molecule has 0 heterocycles. The molecular weight excluding hydrogens is 180 g/mol. The molecule has 1 rings (SSSR count). The zero-order chi connectivity index (χ0) is 11.3. The van der Waals surface area contributed by atoms with E-state index in [1.807, 2.05) is 6.08 Å². The van der Waals surface area contributed by atoms with Gasteiger partial charge in [0.25, 0.3) is 0 Å². The Kier molecular flexibility index (Phi) is 4.36. The van der Waals surface area contributed by atoms with Crippen molar-refractivity contribution in [3.8, 4) is 0 Å². The molecule has 80 valence electrons. The van der Waals surface area contributed by atoms with E-state index in [4.69, 9.17) is 0 Å². The quantitative estimate of drug-likeness (QED) is 0.575. The standard InChI is InChI=1S/C15H20/c1-5-12(3)11-13(4)15-9-7-14(6-2)8-10-15/h5,7,9,11H,1,4,6,8,10H2,2-3H3/b12-11-. The molecule has 0 N–H and O–H groups in total. The summed E-state index contributed by atoms with van der Waals surface area (Å²) in [6, 6.07) is 0. The molecule has 0 aromatic heterocycles. The Morgan fingerprint density at radius 3 is 2.60 bits per heavy atom. The molecule has 0 saturated heterocycles. The van der Waals surface area contributed by atoms with Crippen molar-refractivity contribution in [1.29, 1.82) is 0 Å². The fraction of sp³-hybridized carbons (Fsp3) is 0.333. The monoisotopic (exact) mass is 200 g/mol. The molecule has 0 fully saturated rings. The molecule has 0 radical (unpaired) electrons. The van der Waals surface area contributed by atoms with Crippen molar-refractivity contribution in [2.45, 2.75) is 33.1 Å². The van der Waals surface area contributed by atoms with Gasteiger partial charge in [-0.2, -0.15) is 0 Å². The molecular formula is C15H20. The van der Waals surface area contributed by atoms with Gasteiger partial charge in [-0.3, -0.25) is 0 Å². The van der Waals surface area contributed by atoms with Crippen LogP contribution in [-0.2, 0) is 0 Å². The highest BCUT2D eigenvalue weighted by atomic mass is 14.1. The highest BCUT2D eigenvalue weighted by Crippen LogP contribution is 2.25. The molecule has 0 bridgehead atoms. The van der Waals surface area contributed by atoms with Gasteiger partial charge in [0.05, 0.1) is 0 Å². The van der Waals surface area contributed by atoms with Crippen LogP contribution in [0.1, 0.15) is 33.1 Å². The fourth-order valence-electron chi connectivity index (χ4n) is 1.67. The molecule has 0 atom stereocenters. The first kappa shape index (κ1) is 11.8. The van der Waals surface area contributed by atoms with E-state index in [-0.39, 0.29) is 0 Å². The van der Waals surface area contributed by atoms with Gasteiger partial charge < -0.3 is 0 Å². The van der Waals surface area contributed by atoms with Gasteiger partial charge in [-0.15, -0.1) is 0 Å². The van der Waals surface area contributed by atoms with Crippen LogP contribution < -0.4 is 0 Å². The van der Waals surface area contributed by atoms with Gasteiger partial charge in [0.15, 0.2) is 0 Å². The second kappa shape index (κ2) is 5.55. The van der Waals surface area contributed by atoms with Crippen LogP contribution in [0.2, 0.25) is 0 Å². The average molecular weight is 200 g/mol. The molecule has 1 aliphatic carbocycles. The van der Waals surface area contributed by atoms with Gasteiger partial charge in [-0.25, -0.2) is 0 Å². The van der Waals surface area contributed by atoms with E-state index in [0.29, 0.717) is 0 Å². The number of allylic oxidation sites excluding steroid dienone is 8. The van der Waals surface area contributed by atoms with Crippen molar-refractivity contribution in [1.82, 2.24) is 0 Å². The molecule has 0 heteroatoms. The zero-order valence-electron chi connectivity index (χ0n) is 9.84. The maximum atomic E-state index is 4.10. The van der Waals surface area contributed by atoms with Crippen molar-refractivity contribution < 1.29 is 0 Å². The highest BCUT2D eigenvalue weighted by molar-refractivity contribution is 5.44. The third kappa shape index (κ3) is 3.39. The zero-order valence-corrected chi connectivity index (χ0v) is 9.84. The highest BCUT2D eigenvalue weighted by Gasteiger charge is 2.06. The largest absolute Gasteiger partial charge is 0.0988 e. The summed E-state index contributed by atoms with van der Waals surface area (Å²) in [5, 5.41) is 0. The topological polar surface area (TPSA) is 0 Å². The van der Waals surface area contributed by atoms with E-state index in [1.165, 1.54) is 23.1 Å². The summed E-state index contributed by atoms with van der Waals surface area (Å²) in [6.07, 6.45) is 11.9. The van der Waals surface area contributed by atoms with E-state index >= 15 is 0 Å². The van der Waals surface area contributed by atoms with Gasteiger partial charge in [-0.1, -0.05) is 55.5 Å². The second-order valence-electron chi connectivity index (χ2n) is 3.99. The summed E-state index contributed by atoms with van der Waals surface area (Å²) in [4.78, 5) is 0. The van der Waals surface area contributed by atoms with Crippen molar-refractivity contribution in [3.05, 3.63) is 59.8 Å². The third-order valence-electron chi connectivity index (χ3n) is 2.83. The Morgan fingerprint density at radius 2 is 2.13 bits per heavy atom. The van der Waals surface area contributed by atoms with Crippen molar-refractivity contribution in [2.24, 2.45) is 0 Å². The van der Waals surface area contributed by atoms with Gasteiger partial charge >= 0.3 is 0 Å². The molecule has 15 heavy (non-hydrogen) atoms. The summed E-state index contributed by atoms with van der Waals surface area (Å²) in [5.74, 6) is 0. The SMILES string of the molecule is C=C/C(C)=C\C(=C)C1=CC=C(CC)CC1. The van der Waals surface area contributed by atoms with Crippen LogP contribution in [-0.4, -0.2) is 0 Å². The molecule has 0 saturated carbocycles. The number of hydrogen-bond acceptors (Lipinski definition) is 0. The maximum Gasteiger partial charge on any atom is -0.0236 e. The third-order valence-corrected chi connectivity index (χ3v) is 2.83. The first-order chi connectivity index (χ1) is 7.17. The van der Waals surface area contributed by atoms with Gasteiger partial charge in [0, 0.05) is 0 Å². The predicted molar refractivity (Wildman–Crippen MR) is 68.8 cm³/mol. The molecule has 0 spiro atoms. The van der Waals surface area contributed by atoms with Crippen LogP contribution in [0.25, 0.3) is 0 Å². The Labute approximate surface area is 93.4 Å². The molecule has 0 aromatic carbocycles.